The lowest BCUT2D eigenvalue weighted by molar-refractivity contribution is -0.150. The quantitative estimate of drug-likeness (QED) is 0.681. The number of aliphatic hydroxyl groups is 3. The first-order valence-electron chi connectivity index (χ1n) is 8.78. The van der Waals surface area contributed by atoms with Gasteiger partial charge in [-0.25, -0.2) is 0 Å². The summed E-state index contributed by atoms with van der Waals surface area (Å²) in [6, 6.07) is 0. The number of rotatable bonds is 3. The van der Waals surface area contributed by atoms with Gasteiger partial charge in [0.05, 0.1) is 17.7 Å². The summed E-state index contributed by atoms with van der Waals surface area (Å²) < 4.78 is 11.3. The Morgan fingerprint density at radius 1 is 1.46 bits per heavy atom. The Balaban J connectivity index is 1.85. The van der Waals surface area contributed by atoms with E-state index in [0.717, 1.165) is 6.42 Å². The maximum Gasteiger partial charge on any atom is 0.208 e. The summed E-state index contributed by atoms with van der Waals surface area (Å²) in [5, 5.41) is 31.1. The van der Waals surface area contributed by atoms with E-state index >= 15 is 0 Å². The lowest BCUT2D eigenvalue weighted by atomic mass is 9.75. The second-order valence-electron chi connectivity index (χ2n) is 7.77. The van der Waals surface area contributed by atoms with Crippen LogP contribution in [0.2, 0.25) is 0 Å². The van der Waals surface area contributed by atoms with E-state index in [-0.39, 0.29) is 23.7 Å². The van der Waals surface area contributed by atoms with Crippen molar-refractivity contribution in [3.05, 3.63) is 34.6 Å². The van der Waals surface area contributed by atoms with Crippen LogP contribution in [0.5, 0.6) is 0 Å². The van der Waals surface area contributed by atoms with Crippen LogP contribution in [0.15, 0.2) is 34.6 Å². The van der Waals surface area contributed by atoms with E-state index in [1.807, 2.05) is 6.92 Å². The fourth-order valence-corrected chi connectivity index (χ4v) is 4.21. The number of halogens is 1. The maximum absolute atomic E-state index is 12.2. The van der Waals surface area contributed by atoms with Gasteiger partial charge in [0.25, 0.3) is 0 Å². The zero-order chi connectivity index (χ0) is 19.3. The number of fused-ring (bicyclic) bond motifs is 1. The van der Waals surface area contributed by atoms with Crippen molar-refractivity contribution in [1.82, 2.24) is 0 Å². The zero-order valence-corrected chi connectivity index (χ0v) is 15.9. The molecule has 0 aromatic carbocycles. The normalized spacial score (nSPS) is 40.3. The number of Topliss-reactive ketones (excluding diaryl/α,β-unsaturated/α-hetero) is 1. The van der Waals surface area contributed by atoms with E-state index in [9.17, 15) is 20.1 Å². The van der Waals surface area contributed by atoms with E-state index in [2.05, 4.69) is 0 Å². The van der Waals surface area contributed by atoms with Gasteiger partial charge in [0.15, 0.2) is 5.60 Å². The van der Waals surface area contributed by atoms with Gasteiger partial charge in [0.1, 0.15) is 17.5 Å². The third-order valence-corrected chi connectivity index (χ3v) is 5.93. The van der Waals surface area contributed by atoms with Crippen molar-refractivity contribution in [2.45, 2.75) is 50.6 Å². The second-order valence-corrected chi connectivity index (χ2v) is 8.15. The molecule has 6 atom stereocenters. The first kappa shape index (κ1) is 19.6. The third kappa shape index (κ3) is 3.25. The Labute approximate surface area is 157 Å². The van der Waals surface area contributed by atoms with Gasteiger partial charge in [-0.05, 0) is 50.0 Å². The predicted octanol–water partition coefficient (Wildman–Crippen LogP) is 1.44. The first-order chi connectivity index (χ1) is 12.1. The molecule has 2 aliphatic heterocycles. The van der Waals surface area contributed by atoms with Crippen LogP contribution in [-0.2, 0) is 14.3 Å². The molecule has 0 aromatic heterocycles. The van der Waals surface area contributed by atoms with Crippen molar-refractivity contribution in [2.24, 2.45) is 11.8 Å². The number of ether oxygens (including phenoxy) is 2. The summed E-state index contributed by atoms with van der Waals surface area (Å²) in [4.78, 5) is 12.2. The molecule has 26 heavy (non-hydrogen) atoms. The number of carbonyl (C=O) groups excluding carboxylic acids is 1. The van der Waals surface area contributed by atoms with Crippen LogP contribution in [0.1, 0.15) is 27.2 Å². The fourth-order valence-electron chi connectivity index (χ4n) is 3.83. The van der Waals surface area contributed by atoms with Crippen molar-refractivity contribution in [3.63, 3.8) is 0 Å². The molecule has 2 heterocycles. The van der Waals surface area contributed by atoms with Gasteiger partial charge in [0.2, 0.25) is 5.78 Å². The van der Waals surface area contributed by atoms with Crippen molar-refractivity contribution >= 4 is 17.4 Å². The Bertz CT molecular complexity index is 690. The minimum Gasteiger partial charge on any atom is -0.493 e. The Morgan fingerprint density at radius 3 is 2.77 bits per heavy atom. The number of hydrogen-bond acceptors (Lipinski definition) is 6. The second kappa shape index (κ2) is 6.77. The molecule has 1 saturated heterocycles. The van der Waals surface area contributed by atoms with Crippen LogP contribution in [0.4, 0.5) is 0 Å². The van der Waals surface area contributed by atoms with Crippen LogP contribution in [0, 0.1) is 11.8 Å². The first-order valence-corrected chi connectivity index (χ1v) is 9.16. The lowest BCUT2D eigenvalue weighted by Gasteiger charge is -2.40. The molecule has 0 aromatic rings. The Kier molecular flexibility index (Phi) is 5.09. The van der Waals surface area contributed by atoms with Gasteiger partial charge in [-0.3, -0.25) is 4.79 Å². The van der Waals surface area contributed by atoms with Crippen molar-refractivity contribution in [2.75, 3.05) is 13.2 Å². The molecule has 0 radical (unpaired) electrons. The topological polar surface area (TPSA) is 96.2 Å². The van der Waals surface area contributed by atoms with Crippen molar-refractivity contribution < 1.29 is 29.6 Å². The van der Waals surface area contributed by atoms with E-state index < -0.39 is 29.0 Å². The Morgan fingerprint density at radius 2 is 2.15 bits per heavy atom. The highest BCUT2D eigenvalue weighted by atomic mass is 35.5. The monoisotopic (exact) mass is 384 g/mol. The molecule has 3 aliphatic rings. The van der Waals surface area contributed by atoms with Crippen LogP contribution in [0.3, 0.4) is 0 Å². The molecular weight excluding hydrogens is 360 g/mol. The highest BCUT2D eigenvalue weighted by Gasteiger charge is 2.50. The molecule has 0 saturated carbocycles. The average molecular weight is 385 g/mol. The van der Waals surface area contributed by atoms with E-state index in [4.69, 9.17) is 21.1 Å². The molecule has 3 rings (SSSR count). The van der Waals surface area contributed by atoms with Crippen molar-refractivity contribution in [3.8, 4) is 0 Å². The number of ketones is 1. The predicted molar refractivity (Wildman–Crippen MR) is 95.3 cm³/mol. The summed E-state index contributed by atoms with van der Waals surface area (Å²) >= 11 is 6.13. The minimum absolute atomic E-state index is 0.0742. The zero-order valence-electron chi connectivity index (χ0n) is 15.1. The van der Waals surface area contributed by atoms with Gasteiger partial charge in [-0.1, -0.05) is 18.5 Å². The standard InChI is InChI=1S/C19H25ClO6/c1-10-5-7-25-17(10)18(2,23)6-4-11-8-12-13(9-26-11)15(21)19(3,24)16(22)14(12)20/h4,6,8,10,13,15,17,21,23-24H,5,7,9H2,1-3H3. The van der Waals surface area contributed by atoms with Gasteiger partial charge < -0.3 is 24.8 Å². The molecule has 144 valence electrons. The molecule has 6 nitrogen and oxygen atoms in total. The smallest absolute Gasteiger partial charge is 0.208 e. The molecular formula is C19H25ClO6. The van der Waals surface area contributed by atoms with Crippen LogP contribution in [-0.4, -0.2) is 57.7 Å². The minimum atomic E-state index is -1.94. The summed E-state index contributed by atoms with van der Waals surface area (Å²) in [7, 11) is 0. The molecule has 0 spiro atoms. The maximum atomic E-state index is 12.2. The molecule has 1 aliphatic carbocycles. The summed E-state index contributed by atoms with van der Waals surface area (Å²) in [5.74, 6) is -0.640. The number of carbonyl (C=O) groups is 1. The van der Waals surface area contributed by atoms with E-state index in [1.54, 1.807) is 25.2 Å². The van der Waals surface area contributed by atoms with Crippen LogP contribution in [0.25, 0.3) is 0 Å². The number of allylic oxidation sites excluding steroid dienone is 2. The van der Waals surface area contributed by atoms with Gasteiger partial charge in [0, 0.05) is 12.5 Å². The van der Waals surface area contributed by atoms with Crippen molar-refractivity contribution in [1.29, 1.82) is 0 Å². The highest BCUT2D eigenvalue weighted by Crippen LogP contribution is 2.40. The summed E-state index contributed by atoms with van der Waals surface area (Å²) in [6.45, 7) is 5.66. The molecule has 3 N–H and O–H groups in total. The number of hydrogen-bond donors (Lipinski definition) is 3. The van der Waals surface area contributed by atoms with Crippen LogP contribution < -0.4 is 0 Å². The largest absolute Gasteiger partial charge is 0.493 e. The lowest BCUT2D eigenvalue weighted by Crippen LogP contribution is -2.55. The average Bonchev–Trinajstić information content (AvgIpc) is 3.03. The van der Waals surface area contributed by atoms with Gasteiger partial charge in [-0.2, -0.15) is 0 Å². The summed E-state index contributed by atoms with van der Waals surface area (Å²) in [6.07, 6.45) is 4.09. The molecule has 0 amide bonds. The van der Waals surface area contributed by atoms with E-state index in [1.165, 1.54) is 6.92 Å². The van der Waals surface area contributed by atoms with E-state index in [0.29, 0.717) is 17.9 Å². The molecule has 6 unspecified atom stereocenters. The Hall–Kier alpha value is -1.18. The molecule has 0 bridgehead atoms. The van der Waals surface area contributed by atoms with Crippen LogP contribution >= 0.6 is 11.6 Å². The number of aliphatic hydroxyl groups excluding tert-OH is 1. The molecule has 1 fully saturated rings. The van der Waals surface area contributed by atoms with Gasteiger partial charge >= 0.3 is 0 Å². The highest BCUT2D eigenvalue weighted by molar-refractivity contribution is 6.44. The third-order valence-electron chi connectivity index (χ3n) is 5.54. The van der Waals surface area contributed by atoms with Gasteiger partial charge in [-0.15, -0.1) is 0 Å². The fraction of sp³-hybridized carbons (Fsp3) is 0.632. The summed E-state index contributed by atoms with van der Waals surface area (Å²) in [5.41, 5.74) is -2.66. The molecule has 7 heteroatoms. The SMILES string of the molecule is CC1CCOC1C(C)(O)C=CC1=CC2=C(Cl)C(=O)C(C)(O)C(O)C2CO1.